The van der Waals surface area contributed by atoms with E-state index in [4.69, 9.17) is 47.4 Å². The van der Waals surface area contributed by atoms with Gasteiger partial charge >= 0.3 is 17.9 Å². The Hall–Kier alpha value is -2.40. The minimum Gasteiger partial charge on any atom is -0.463 e. The molecule has 1 amide bonds. The Morgan fingerprint density at radius 3 is 1.81 bits per heavy atom. The summed E-state index contributed by atoms with van der Waals surface area (Å²) in [6.45, 7) is 4.46. The van der Waals surface area contributed by atoms with E-state index in [-0.39, 0.29) is 13.2 Å². The largest absolute Gasteiger partial charge is 0.463 e. The standard InChI is InChI=1S/C32H47NO14/c1-17(34)33-23-26(41-20(4)37)24(40-19(3)36)21(15-38-18(2)35)42-29(23)39-16-22-25-27(45-31(44-25)11-7-5-8-12-31)28-30(43-22)47-32(46-28)13-9-6-10-14-32/h21-30H,5-16H2,1-4H3,(H,33,34)/t21?,22?,23?,24?,25?,26?,27?,28-,29?,30-/m1/s1. The highest BCUT2D eigenvalue weighted by molar-refractivity contribution is 5.73. The third-order valence-electron chi connectivity index (χ3n) is 9.70. The molecular formula is C32H47NO14. The van der Waals surface area contributed by atoms with Gasteiger partial charge < -0.3 is 52.7 Å². The summed E-state index contributed by atoms with van der Waals surface area (Å²) in [6, 6.07) is -1.11. The van der Waals surface area contributed by atoms with Crippen LogP contribution in [-0.4, -0.2) is 110 Å². The van der Waals surface area contributed by atoms with Gasteiger partial charge in [0.15, 0.2) is 36.4 Å². The predicted octanol–water partition coefficient (Wildman–Crippen LogP) is 1.90. The second kappa shape index (κ2) is 14.2. The molecule has 15 heteroatoms. The Kier molecular flexibility index (Phi) is 10.4. The fraction of sp³-hybridized carbons (Fsp3) is 0.875. The van der Waals surface area contributed by atoms with E-state index in [2.05, 4.69) is 5.32 Å². The Labute approximate surface area is 273 Å². The molecule has 0 radical (unpaired) electrons. The highest BCUT2D eigenvalue weighted by atomic mass is 16.9. The zero-order valence-corrected chi connectivity index (χ0v) is 27.5. The van der Waals surface area contributed by atoms with E-state index in [1.807, 2.05) is 0 Å². The molecule has 2 spiro atoms. The molecule has 264 valence electrons. The summed E-state index contributed by atoms with van der Waals surface area (Å²) in [7, 11) is 0. The van der Waals surface area contributed by atoms with Crippen molar-refractivity contribution in [1.82, 2.24) is 5.32 Å². The molecule has 4 saturated heterocycles. The molecule has 4 heterocycles. The first kappa shape index (κ1) is 34.5. The second-order valence-electron chi connectivity index (χ2n) is 13.4. The first-order valence-electron chi connectivity index (χ1n) is 16.9. The Morgan fingerprint density at radius 2 is 1.21 bits per heavy atom. The number of nitrogens with one attached hydrogen (secondary N) is 1. The van der Waals surface area contributed by atoms with Crippen molar-refractivity contribution < 1.29 is 66.5 Å². The van der Waals surface area contributed by atoms with Crippen LogP contribution in [0.4, 0.5) is 0 Å². The van der Waals surface area contributed by atoms with Gasteiger partial charge in [-0.3, -0.25) is 19.2 Å². The minimum absolute atomic E-state index is 0.0910. The van der Waals surface area contributed by atoms with Crippen LogP contribution in [0.25, 0.3) is 0 Å². The van der Waals surface area contributed by atoms with Gasteiger partial charge in [0, 0.05) is 53.4 Å². The number of fused-ring (bicyclic) bond motifs is 3. The van der Waals surface area contributed by atoms with Crippen LogP contribution in [0.5, 0.6) is 0 Å². The number of ether oxygens (including phenoxy) is 10. The van der Waals surface area contributed by atoms with Gasteiger partial charge in [-0.2, -0.15) is 0 Å². The predicted molar refractivity (Wildman–Crippen MR) is 156 cm³/mol. The fourth-order valence-corrected chi connectivity index (χ4v) is 7.80. The van der Waals surface area contributed by atoms with E-state index in [0.29, 0.717) is 0 Å². The maximum absolute atomic E-state index is 12.4. The van der Waals surface area contributed by atoms with E-state index in [9.17, 15) is 19.2 Å². The number of carbonyl (C=O) groups excluding carboxylic acids is 4. The van der Waals surface area contributed by atoms with Crippen LogP contribution >= 0.6 is 0 Å². The van der Waals surface area contributed by atoms with Crippen molar-refractivity contribution in [3.8, 4) is 0 Å². The van der Waals surface area contributed by atoms with Crippen LogP contribution in [0, 0.1) is 0 Å². The molecular weight excluding hydrogens is 622 g/mol. The Balaban J connectivity index is 1.25. The van der Waals surface area contributed by atoms with E-state index in [1.165, 1.54) is 27.7 Å². The average Bonchev–Trinajstić information content (AvgIpc) is 3.55. The number of carbonyl (C=O) groups is 4. The van der Waals surface area contributed by atoms with Crippen molar-refractivity contribution in [3.63, 3.8) is 0 Å². The molecule has 2 aliphatic carbocycles. The lowest BCUT2D eigenvalue weighted by Crippen LogP contribution is -2.67. The molecule has 0 bridgehead atoms. The quantitative estimate of drug-likeness (QED) is 0.293. The van der Waals surface area contributed by atoms with Crippen LogP contribution in [0.15, 0.2) is 0 Å². The lowest BCUT2D eigenvalue weighted by Gasteiger charge is -2.45. The molecule has 0 aromatic rings. The molecule has 1 N–H and O–H groups in total. The molecule has 0 aromatic carbocycles. The SMILES string of the molecule is CC(=O)NC1C(OCC2O[C@@H]3OC4(CCCCC4)O[C@@H]3C3OC4(CCCCC4)OC23)OC(COC(C)=O)C(OC(C)=O)C1OC(C)=O. The Morgan fingerprint density at radius 1 is 0.638 bits per heavy atom. The van der Waals surface area contributed by atoms with Crippen molar-refractivity contribution in [2.24, 2.45) is 0 Å². The second-order valence-corrected chi connectivity index (χ2v) is 13.4. The van der Waals surface area contributed by atoms with Crippen molar-refractivity contribution in [3.05, 3.63) is 0 Å². The summed E-state index contributed by atoms with van der Waals surface area (Å²) in [5.74, 6) is -3.92. The van der Waals surface area contributed by atoms with Gasteiger partial charge in [-0.15, -0.1) is 0 Å². The van der Waals surface area contributed by atoms with E-state index >= 15 is 0 Å². The van der Waals surface area contributed by atoms with Gasteiger partial charge in [0.2, 0.25) is 5.91 Å². The van der Waals surface area contributed by atoms with E-state index in [0.717, 1.165) is 64.2 Å². The molecule has 6 rings (SSSR count). The summed E-state index contributed by atoms with van der Waals surface area (Å²) in [4.78, 5) is 48.4. The molecule has 15 nitrogen and oxygen atoms in total. The van der Waals surface area contributed by atoms with Crippen LogP contribution in [-0.2, 0) is 66.5 Å². The highest BCUT2D eigenvalue weighted by Crippen LogP contribution is 2.51. The molecule has 47 heavy (non-hydrogen) atoms. The monoisotopic (exact) mass is 669 g/mol. The molecule has 2 saturated carbocycles. The van der Waals surface area contributed by atoms with Gasteiger partial charge in [-0.05, 0) is 25.7 Å². The van der Waals surface area contributed by atoms with Crippen LogP contribution in [0.2, 0.25) is 0 Å². The number of rotatable bonds is 8. The maximum Gasteiger partial charge on any atom is 0.303 e. The van der Waals surface area contributed by atoms with Gasteiger partial charge in [0.05, 0.1) is 6.61 Å². The average molecular weight is 670 g/mol. The number of hydrogen-bond donors (Lipinski definition) is 1. The van der Waals surface area contributed by atoms with Crippen molar-refractivity contribution in [2.75, 3.05) is 13.2 Å². The molecule has 10 atom stereocenters. The lowest BCUT2D eigenvalue weighted by molar-refractivity contribution is -0.298. The van der Waals surface area contributed by atoms with Crippen LogP contribution in [0.3, 0.4) is 0 Å². The van der Waals surface area contributed by atoms with E-state index in [1.54, 1.807) is 0 Å². The fourth-order valence-electron chi connectivity index (χ4n) is 7.80. The number of esters is 3. The summed E-state index contributed by atoms with van der Waals surface area (Å²) < 4.78 is 61.8. The van der Waals surface area contributed by atoms with Crippen molar-refractivity contribution in [1.29, 1.82) is 0 Å². The smallest absolute Gasteiger partial charge is 0.303 e. The minimum atomic E-state index is -1.24. The van der Waals surface area contributed by atoms with Gasteiger partial charge in [0.1, 0.15) is 43.2 Å². The van der Waals surface area contributed by atoms with E-state index < -0.39 is 96.7 Å². The normalized spacial score (nSPS) is 38.6. The number of amides is 1. The topological polar surface area (TPSA) is 173 Å². The number of hydrogen-bond acceptors (Lipinski definition) is 14. The van der Waals surface area contributed by atoms with Gasteiger partial charge in [0.25, 0.3) is 0 Å². The van der Waals surface area contributed by atoms with Crippen molar-refractivity contribution in [2.45, 2.75) is 165 Å². The maximum atomic E-state index is 12.4. The summed E-state index contributed by atoms with van der Waals surface area (Å²) >= 11 is 0. The van der Waals surface area contributed by atoms with Crippen LogP contribution < -0.4 is 5.32 Å². The zero-order valence-electron chi connectivity index (χ0n) is 27.5. The third kappa shape index (κ3) is 7.61. The molecule has 6 aliphatic rings. The first-order valence-corrected chi connectivity index (χ1v) is 16.9. The molecule has 4 aliphatic heterocycles. The lowest BCUT2D eigenvalue weighted by atomic mass is 9.94. The molecule has 8 unspecified atom stereocenters. The Bertz CT molecular complexity index is 1170. The molecule has 6 fully saturated rings. The first-order chi connectivity index (χ1) is 22.5. The van der Waals surface area contributed by atoms with Gasteiger partial charge in [-0.25, -0.2) is 0 Å². The summed E-state index contributed by atoms with van der Waals surface area (Å²) in [5.41, 5.74) is 0. The molecule has 0 aromatic heterocycles. The summed E-state index contributed by atoms with van der Waals surface area (Å²) in [5, 5.41) is 2.73. The van der Waals surface area contributed by atoms with Crippen molar-refractivity contribution >= 4 is 23.8 Å². The summed E-state index contributed by atoms with van der Waals surface area (Å²) in [6.07, 6.45) is 1.57. The zero-order chi connectivity index (χ0) is 33.3. The van der Waals surface area contributed by atoms with Crippen LogP contribution in [0.1, 0.15) is 91.9 Å². The van der Waals surface area contributed by atoms with Gasteiger partial charge in [-0.1, -0.05) is 12.8 Å². The third-order valence-corrected chi connectivity index (χ3v) is 9.70. The highest BCUT2D eigenvalue weighted by Gasteiger charge is 2.64.